The summed E-state index contributed by atoms with van der Waals surface area (Å²) in [7, 11) is 0. The molecule has 0 atom stereocenters. The van der Waals surface area contributed by atoms with Gasteiger partial charge in [-0.15, -0.1) is 0 Å². The van der Waals surface area contributed by atoms with Crippen molar-refractivity contribution in [3.8, 4) is 0 Å². The molecule has 0 aliphatic carbocycles. The molecule has 0 amide bonds. The number of hydrogen-bond donors (Lipinski definition) is 1. The quantitative estimate of drug-likeness (QED) is 0.811. The van der Waals surface area contributed by atoms with E-state index in [1.165, 1.54) is 0 Å². The first-order chi connectivity index (χ1) is 10.1. The molecule has 0 aliphatic rings. The van der Waals surface area contributed by atoms with Crippen LogP contribution in [-0.4, -0.2) is 17.6 Å². The van der Waals surface area contributed by atoms with Gasteiger partial charge in [0.2, 0.25) is 0 Å². The SMILES string of the molecule is O=C(O)CCN(Cc1cc(Cl)ccc1Br)c1ccccc1. The number of halogens is 2. The van der Waals surface area contributed by atoms with Crippen molar-refractivity contribution in [3.63, 3.8) is 0 Å². The monoisotopic (exact) mass is 367 g/mol. The molecule has 3 nitrogen and oxygen atoms in total. The van der Waals surface area contributed by atoms with Crippen molar-refractivity contribution < 1.29 is 9.90 Å². The molecule has 0 unspecified atom stereocenters. The summed E-state index contributed by atoms with van der Waals surface area (Å²) < 4.78 is 0.961. The number of hydrogen-bond acceptors (Lipinski definition) is 2. The Morgan fingerprint density at radius 1 is 1.19 bits per heavy atom. The van der Waals surface area contributed by atoms with Crippen LogP contribution in [0, 0.1) is 0 Å². The average molecular weight is 369 g/mol. The maximum Gasteiger partial charge on any atom is 0.305 e. The second-order valence-electron chi connectivity index (χ2n) is 4.64. The molecule has 1 N–H and O–H groups in total. The van der Waals surface area contributed by atoms with Crippen LogP contribution in [0.4, 0.5) is 5.69 Å². The maximum absolute atomic E-state index is 10.9. The Bertz CT molecular complexity index is 619. The van der Waals surface area contributed by atoms with E-state index >= 15 is 0 Å². The van der Waals surface area contributed by atoms with E-state index < -0.39 is 5.97 Å². The lowest BCUT2D eigenvalue weighted by molar-refractivity contribution is -0.136. The summed E-state index contributed by atoms with van der Waals surface area (Å²) in [6.07, 6.45) is 0.0904. The molecule has 0 heterocycles. The van der Waals surface area contributed by atoms with Gasteiger partial charge in [0.05, 0.1) is 6.42 Å². The summed E-state index contributed by atoms with van der Waals surface area (Å²) in [6, 6.07) is 15.4. The molecular formula is C16H15BrClNO2. The standard InChI is InChI=1S/C16H15BrClNO2/c17-15-7-6-13(18)10-12(15)11-19(9-8-16(20)21)14-4-2-1-3-5-14/h1-7,10H,8-9,11H2,(H,20,21). The molecule has 0 spiro atoms. The second kappa shape index (κ2) is 7.48. The largest absolute Gasteiger partial charge is 0.481 e. The molecule has 0 aromatic heterocycles. The van der Waals surface area contributed by atoms with E-state index in [4.69, 9.17) is 16.7 Å². The van der Waals surface area contributed by atoms with Crippen LogP contribution in [0.25, 0.3) is 0 Å². The van der Waals surface area contributed by atoms with Gasteiger partial charge in [0.1, 0.15) is 0 Å². The number of carboxylic acid groups (broad SMARTS) is 1. The highest BCUT2D eigenvalue weighted by Crippen LogP contribution is 2.25. The van der Waals surface area contributed by atoms with Crippen molar-refractivity contribution in [2.24, 2.45) is 0 Å². The van der Waals surface area contributed by atoms with Gasteiger partial charge in [-0.3, -0.25) is 4.79 Å². The van der Waals surface area contributed by atoms with Crippen LogP contribution in [0.15, 0.2) is 53.0 Å². The van der Waals surface area contributed by atoms with Gasteiger partial charge in [-0.1, -0.05) is 45.7 Å². The van der Waals surface area contributed by atoms with E-state index in [0.29, 0.717) is 18.1 Å². The van der Waals surface area contributed by atoms with Gasteiger partial charge in [0.15, 0.2) is 0 Å². The highest BCUT2D eigenvalue weighted by molar-refractivity contribution is 9.10. The number of rotatable bonds is 6. The van der Waals surface area contributed by atoms with Crippen molar-refractivity contribution >= 4 is 39.2 Å². The third-order valence-electron chi connectivity index (χ3n) is 3.09. The fourth-order valence-electron chi connectivity index (χ4n) is 2.04. The van der Waals surface area contributed by atoms with Gasteiger partial charge in [-0.25, -0.2) is 0 Å². The normalized spacial score (nSPS) is 10.4. The van der Waals surface area contributed by atoms with E-state index in [1.54, 1.807) is 0 Å². The first-order valence-corrected chi connectivity index (χ1v) is 7.69. The fourth-order valence-corrected chi connectivity index (χ4v) is 2.61. The van der Waals surface area contributed by atoms with E-state index in [1.807, 2.05) is 53.4 Å². The maximum atomic E-state index is 10.9. The zero-order valence-electron chi connectivity index (χ0n) is 11.3. The number of benzene rings is 2. The van der Waals surface area contributed by atoms with Crippen LogP contribution in [0.2, 0.25) is 5.02 Å². The summed E-state index contributed by atoms with van der Waals surface area (Å²) in [5.74, 6) is -0.805. The molecule has 5 heteroatoms. The summed E-state index contributed by atoms with van der Waals surface area (Å²) in [6.45, 7) is 1.04. The average Bonchev–Trinajstić information content (AvgIpc) is 2.47. The fraction of sp³-hybridized carbons (Fsp3) is 0.188. The molecule has 2 rings (SSSR count). The topological polar surface area (TPSA) is 40.5 Å². The lowest BCUT2D eigenvalue weighted by atomic mass is 10.2. The van der Waals surface area contributed by atoms with Gasteiger partial charge in [0, 0.05) is 28.3 Å². The van der Waals surface area contributed by atoms with Crippen LogP contribution >= 0.6 is 27.5 Å². The number of carbonyl (C=O) groups is 1. The van der Waals surface area contributed by atoms with Gasteiger partial charge < -0.3 is 10.0 Å². The number of nitrogens with zero attached hydrogens (tertiary/aromatic N) is 1. The zero-order chi connectivity index (χ0) is 15.2. The minimum Gasteiger partial charge on any atom is -0.481 e. The van der Waals surface area contributed by atoms with Crippen LogP contribution in [0.5, 0.6) is 0 Å². The smallest absolute Gasteiger partial charge is 0.305 e. The van der Waals surface area contributed by atoms with E-state index in [0.717, 1.165) is 15.7 Å². The Labute approximate surface area is 137 Å². The Morgan fingerprint density at radius 2 is 1.90 bits per heavy atom. The van der Waals surface area contributed by atoms with E-state index in [2.05, 4.69) is 15.9 Å². The van der Waals surface area contributed by atoms with E-state index in [9.17, 15) is 4.79 Å². The number of anilines is 1. The molecule has 0 bridgehead atoms. The van der Waals surface area contributed by atoms with Gasteiger partial charge >= 0.3 is 5.97 Å². The molecule has 0 saturated heterocycles. The Kier molecular flexibility index (Phi) is 5.65. The minimum atomic E-state index is -0.805. The minimum absolute atomic E-state index is 0.0904. The second-order valence-corrected chi connectivity index (χ2v) is 5.93. The third-order valence-corrected chi connectivity index (χ3v) is 4.09. The summed E-state index contributed by atoms with van der Waals surface area (Å²) in [4.78, 5) is 12.9. The lowest BCUT2D eigenvalue weighted by Gasteiger charge is -2.25. The van der Waals surface area contributed by atoms with Crippen molar-refractivity contribution in [2.75, 3.05) is 11.4 Å². The summed E-state index contributed by atoms with van der Waals surface area (Å²) in [5, 5.41) is 9.58. The Hall–Kier alpha value is -1.52. The number of para-hydroxylation sites is 1. The molecule has 0 aliphatic heterocycles. The number of carboxylic acids is 1. The van der Waals surface area contributed by atoms with Gasteiger partial charge in [0.25, 0.3) is 0 Å². The van der Waals surface area contributed by atoms with Crippen molar-refractivity contribution in [1.29, 1.82) is 0 Å². The first-order valence-electron chi connectivity index (χ1n) is 6.52. The van der Waals surface area contributed by atoms with Crippen molar-refractivity contribution in [1.82, 2.24) is 0 Å². The van der Waals surface area contributed by atoms with Crippen LogP contribution in [0.1, 0.15) is 12.0 Å². The lowest BCUT2D eigenvalue weighted by Crippen LogP contribution is -2.25. The highest BCUT2D eigenvalue weighted by atomic mass is 79.9. The number of aliphatic carboxylic acids is 1. The molecular weight excluding hydrogens is 354 g/mol. The zero-order valence-corrected chi connectivity index (χ0v) is 13.6. The molecule has 2 aromatic carbocycles. The van der Waals surface area contributed by atoms with Crippen LogP contribution in [0.3, 0.4) is 0 Å². The summed E-state index contributed by atoms with van der Waals surface area (Å²) in [5.41, 5.74) is 2.02. The van der Waals surface area contributed by atoms with Crippen molar-refractivity contribution in [2.45, 2.75) is 13.0 Å². The van der Waals surface area contributed by atoms with Gasteiger partial charge in [-0.2, -0.15) is 0 Å². The first kappa shape index (κ1) is 15.9. The molecule has 21 heavy (non-hydrogen) atoms. The van der Waals surface area contributed by atoms with Crippen molar-refractivity contribution in [3.05, 3.63) is 63.6 Å². The Balaban J connectivity index is 2.23. The Morgan fingerprint density at radius 3 is 2.57 bits per heavy atom. The summed E-state index contributed by atoms with van der Waals surface area (Å²) >= 11 is 9.55. The molecule has 0 fully saturated rings. The van der Waals surface area contributed by atoms with Gasteiger partial charge in [-0.05, 0) is 35.9 Å². The predicted molar refractivity (Wildman–Crippen MR) is 88.9 cm³/mol. The third kappa shape index (κ3) is 4.76. The highest BCUT2D eigenvalue weighted by Gasteiger charge is 2.11. The molecule has 0 saturated carbocycles. The van der Waals surface area contributed by atoms with Crippen LogP contribution < -0.4 is 4.90 Å². The van der Waals surface area contributed by atoms with Crippen LogP contribution in [-0.2, 0) is 11.3 Å². The molecule has 0 radical (unpaired) electrons. The predicted octanol–water partition coefficient (Wildman–Crippen LogP) is 4.58. The molecule has 110 valence electrons. The van der Waals surface area contributed by atoms with E-state index in [-0.39, 0.29) is 6.42 Å². The molecule has 2 aromatic rings.